The Morgan fingerprint density at radius 3 is 2.81 bits per heavy atom. The summed E-state index contributed by atoms with van der Waals surface area (Å²) in [6.07, 6.45) is 5.19. The molecule has 0 radical (unpaired) electrons. The van der Waals surface area contributed by atoms with Crippen LogP contribution in [0.25, 0.3) is 0 Å². The van der Waals surface area contributed by atoms with E-state index in [4.69, 9.17) is 4.74 Å². The molecule has 1 aliphatic heterocycles. The maximum atomic E-state index is 12.6. The van der Waals surface area contributed by atoms with Crippen LogP contribution in [0.4, 0.5) is 0 Å². The largest absolute Gasteiger partial charge is 0.480 e. The van der Waals surface area contributed by atoms with E-state index in [0.717, 1.165) is 32.5 Å². The third-order valence-electron chi connectivity index (χ3n) is 5.66. The van der Waals surface area contributed by atoms with E-state index in [0.29, 0.717) is 23.0 Å². The normalized spacial score (nSPS) is 21.2. The monoisotopic (exact) mass is 373 g/mol. The fourth-order valence-corrected chi connectivity index (χ4v) is 4.68. The van der Waals surface area contributed by atoms with Crippen molar-refractivity contribution in [1.29, 1.82) is 0 Å². The maximum absolute atomic E-state index is 12.6. The summed E-state index contributed by atoms with van der Waals surface area (Å²) in [6, 6.07) is 3.96. The number of thiazole rings is 1. The van der Waals surface area contributed by atoms with E-state index in [-0.39, 0.29) is 5.91 Å². The van der Waals surface area contributed by atoms with Gasteiger partial charge in [0, 0.05) is 36.8 Å². The maximum Gasteiger partial charge on any atom is 0.274 e. The van der Waals surface area contributed by atoms with Crippen molar-refractivity contribution in [2.24, 2.45) is 5.41 Å². The molecule has 1 spiro atoms. The van der Waals surface area contributed by atoms with Gasteiger partial charge < -0.3 is 9.64 Å². The van der Waals surface area contributed by atoms with E-state index < -0.39 is 0 Å². The molecule has 2 aromatic rings. The summed E-state index contributed by atoms with van der Waals surface area (Å²) >= 11 is 1.71. The predicted molar refractivity (Wildman–Crippen MR) is 98.1 cm³/mol. The Morgan fingerprint density at radius 1 is 1.38 bits per heavy atom. The Hall–Kier alpha value is -2.06. The molecule has 0 bridgehead atoms. The van der Waals surface area contributed by atoms with Crippen molar-refractivity contribution in [3.63, 3.8) is 0 Å². The number of ether oxygens (including phenoxy) is 1. The third kappa shape index (κ3) is 3.31. The van der Waals surface area contributed by atoms with Crippen molar-refractivity contribution in [3.05, 3.63) is 34.4 Å². The van der Waals surface area contributed by atoms with Crippen LogP contribution in [0.5, 0.6) is 5.88 Å². The van der Waals surface area contributed by atoms with E-state index >= 15 is 0 Å². The van der Waals surface area contributed by atoms with Crippen molar-refractivity contribution >= 4 is 17.2 Å². The number of methoxy groups -OCH3 is 1. The van der Waals surface area contributed by atoms with E-state index in [2.05, 4.69) is 27.1 Å². The molecule has 1 saturated heterocycles. The van der Waals surface area contributed by atoms with Crippen molar-refractivity contribution in [1.82, 2.24) is 25.0 Å². The van der Waals surface area contributed by atoms with Gasteiger partial charge in [-0.25, -0.2) is 4.98 Å². The molecule has 138 valence electrons. The number of aromatic nitrogens is 3. The molecule has 1 saturated carbocycles. The van der Waals surface area contributed by atoms with Crippen LogP contribution in [0.2, 0.25) is 0 Å². The lowest BCUT2D eigenvalue weighted by Gasteiger charge is -2.33. The first-order valence-electron chi connectivity index (χ1n) is 8.87. The zero-order valence-corrected chi connectivity index (χ0v) is 15.9. The second-order valence-corrected chi connectivity index (χ2v) is 8.16. The molecule has 1 atom stereocenters. The van der Waals surface area contributed by atoms with Crippen LogP contribution in [0.1, 0.15) is 34.8 Å². The number of nitrogens with zero attached hydrogens (tertiary/aromatic N) is 5. The van der Waals surface area contributed by atoms with Crippen LogP contribution in [0, 0.1) is 5.41 Å². The predicted octanol–water partition coefficient (Wildman–Crippen LogP) is 2.07. The molecule has 1 amide bonds. The summed E-state index contributed by atoms with van der Waals surface area (Å²) in [7, 11) is 3.72. The molecule has 3 heterocycles. The quantitative estimate of drug-likeness (QED) is 0.799. The van der Waals surface area contributed by atoms with Crippen molar-refractivity contribution in [2.75, 3.05) is 27.2 Å². The summed E-state index contributed by atoms with van der Waals surface area (Å²) in [6.45, 7) is 2.48. The molecule has 0 N–H and O–H groups in total. The van der Waals surface area contributed by atoms with Gasteiger partial charge in [-0.2, -0.15) is 0 Å². The minimum Gasteiger partial charge on any atom is -0.480 e. The van der Waals surface area contributed by atoms with Gasteiger partial charge in [0.25, 0.3) is 5.91 Å². The van der Waals surface area contributed by atoms with E-state index in [1.165, 1.54) is 18.5 Å². The first kappa shape index (κ1) is 17.4. The van der Waals surface area contributed by atoms with Gasteiger partial charge in [0.15, 0.2) is 5.69 Å². The first-order chi connectivity index (χ1) is 12.6. The van der Waals surface area contributed by atoms with Gasteiger partial charge >= 0.3 is 0 Å². The Labute approximate surface area is 157 Å². The average Bonchev–Trinajstić information content (AvgIpc) is 3.12. The molecule has 0 aromatic carbocycles. The lowest BCUT2D eigenvalue weighted by atomic mass is 9.92. The highest BCUT2D eigenvalue weighted by atomic mass is 32.1. The Balaban J connectivity index is 1.32. The lowest BCUT2D eigenvalue weighted by molar-refractivity contribution is 0.0650. The van der Waals surface area contributed by atoms with E-state index in [1.807, 2.05) is 16.5 Å². The fraction of sp³-hybridized carbons (Fsp3) is 0.556. The number of hydrogen-bond donors (Lipinski definition) is 0. The van der Waals surface area contributed by atoms with Gasteiger partial charge in [-0.05, 0) is 37.8 Å². The second-order valence-electron chi connectivity index (χ2n) is 7.18. The van der Waals surface area contributed by atoms with Gasteiger partial charge in [-0.1, -0.05) is 0 Å². The lowest BCUT2D eigenvalue weighted by Crippen LogP contribution is -2.41. The number of amides is 1. The second kappa shape index (κ2) is 6.92. The molecule has 1 aliphatic carbocycles. The van der Waals surface area contributed by atoms with Crippen LogP contribution in [0.15, 0.2) is 23.7 Å². The zero-order valence-electron chi connectivity index (χ0n) is 15.1. The van der Waals surface area contributed by atoms with Crippen LogP contribution in [0.3, 0.4) is 0 Å². The van der Waals surface area contributed by atoms with Gasteiger partial charge in [-0.15, -0.1) is 21.5 Å². The van der Waals surface area contributed by atoms with Crippen LogP contribution in [-0.4, -0.2) is 64.2 Å². The number of carbonyl (C=O) groups is 1. The minimum absolute atomic E-state index is 0.0386. The molecular weight excluding hydrogens is 350 g/mol. The van der Waals surface area contributed by atoms with Crippen LogP contribution >= 0.6 is 11.3 Å². The minimum atomic E-state index is -0.0386. The first-order valence-corrected chi connectivity index (χ1v) is 9.75. The highest BCUT2D eigenvalue weighted by molar-refractivity contribution is 7.09. The molecular formula is C18H23N5O2S. The number of likely N-dealkylation sites (tertiary alicyclic amines) is 1. The highest BCUT2D eigenvalue weighted by Gasteiger charge is 2.56. The molecule has 7 nitrogen and oxygen atoms in total. The van der Waals surface area contributed by atoms with Gasteiger partial charge in [0.2, 0.25) is 5.88 Å². The summed E-state index contributed by atoms with van der Waals surface area (Å²) in [5.41, 5.74) is 0.754. The van der Waals surface area contributed by atoms with Crippen molar-refractivity contribution in [3.8, 4) is 5.88 Å². The molecule has 2 aromatic heterocycles. The summed E-state index contributed by atoms with van der Waals surface area (Å²) in [4.78, 5) is 21.3. The highest BCUT2D eigenvalue weighted by Crippen LogP contribution is 2.56. The smallest absolute Gasteiger partial charge is 0.274 e. The van der Waals surface area contributed by atoms with Gasteiger partial charge in [0.1, 0.15) is 5.01 Å². The Morgan fingerprint density at radius 2 is 2.19 bits per heavy atom. The van der Waals surface area contributed by atoms with Crippen LogP contribution < -0.4 is 4.74 Å². The number of piperidine rings is 1. The fourth-order valence-electron chi connectivity index (χ4n) is 4.00. The molecule has 2 fully saturated rings. The van der Waals surface area contributed by atoms with E-state index in [9.17, 15) is 4.79 Å². The zero-order chi connectivity index (χ0) is 18.1. The standard InChI is InChI=1S/C18H23N5O2S/c1-22(12-16-19-7-10-26-16)14-11-18(14)5-8-23(9-6-18)17(24)13-3-4-15(25-2)21-20-13/h3-4,7,10,14H,5-6,8-9,11-12H2,1-2H3/t14-/m1/s1. The van der Waals surface area contributed by atoms with Gasteiger partial charge in [0.05, 0.1) is 13.7 Å². The summed E-state index contributed by atoms with van der Waals surface area (Å²) in [5, 5.41) is 11.1. The molecule has 26 heavy (non-hydrogen) atoms. The number of hydrogen-bond acceptors (Lipinski definition) is 7. The van der Waals surface area contributed by atoms with Crippen molar-refractivity contribution in [2.45, 2.75) is 31.8 Å². The Bertz CT molecular complexity index is 756. The molecule has 2 aliphatic rings. The topological polar surface area (TPSA) is 71.5 Å². The number of rotatable bonds is 5. The Kier molecular flexibility index (Phi) is 4.62. The summed E-state index contributed by atoms with van der Waals surface area (Å²) in [5.74, 6) is 0.381. The summed E-state index contributed by atoms with van der Waals surface area (Å²) < 4.78 is 4.99. The third-order valence-corrected chi connectivity index (χ3v) is 6.43. The van der Waals surface area contributed by atoms with Crippen molar-refractivity contribution < 1.29 is 9.53 Å². The van der Waals surface area contributed by atoms with Crippen LogP contribution in [-0.2, 0) is 6.54 Å². The molecule has 4 rings (SSSR count). The average molecular weight is 373 g/mol. The molecule has 0 unspecified atom stereocenters. The van der Waals surface area contributed by atoms with E-state index in [1.54, 1.807) is 23.5 Å². The van der Waals surface area contributed by atoms with Gasteiger partial charge in [-0.3, -0.25) is 9.69 Å². The molecule has 8 heteroatoms. The SMILES string of the molecule is COc1ccc(C(=O)N2CCC3(CC2)C[C@H]3N(C)Cc2nccs2)nn1. The number of carbonyl (C=O) groups excluding carboxylic acids is 1.